The van der Waals surface area contributed by atoms with Crippen molar-refractivity contribution in [3.05, 3.63) is 78.2 Å². The first-order valence-corrected chi connectivity index (χ1v) is 8.22. The zero-order valence-electron chi connectivity index (χ0n) is 13.8. The van der Waals surface area contributed by atoms with Crippen molar-refractivity contribution in [3.8, 4) is 11.5 Å². The Kier molecular flexibility index (Phi) is 5.59. The largest absolute Gasteiger partial charge is 0.444 e. The number of rotatable bonds is 7. The molecule has 128 valence electrons. The third kappa shape index (κ3) is 4.78. The lowest BCUT2D eigenvalue weighted by molar-refractivity contribution is -0.120. The van der Waals surface area contributed by atoms with Crippen LogP contribution in [0, 0.1) is 0 Å². The summed E-state index contributed by atoms with van der Waals surface area (Å²) >= 11 is 0. The molecule has 5 heteroatoms. The van der Waals surface area contributed by atoms with Gasteiger partial charge >= 0.3 is 0 Å². The van der Waals surface area contributed by atoms with E-state index in [1.54, 1.807) is 0 Å². The number of hydrogen-bond acceptors (Lipinski definition) is 4. The summed E-state index contributed by atoms with van der Waals surface area (Å²) in [5.41, 5.74) is 2.31. The Balaban J connectivity index is 1.46. The van der Waals surface area contributed by atoms with E-state index in [-0.39, 0.29) is 12.3 Å². The maximum absolute atomic E-state index is 12.0. The second-order valence-corrected chi connectivity index (χ2v) is 5.75. The smallest absolute Gasteiger partial charge is 0.226 e. The van der Waals surface area contributed by atoms with E-state index in [0.29, 0.717) is 24.6 Å². The Bertz CT molecular complexity index is 800. The van der Waals surface area contributed by atoms with E-state index >= 15 is 0 Å². The van der Waals surface area contributed by atoms with Crippen molar-refractivity contribution in [2.24, 2.45) is 0 Å². The molecule has 2 aromatic carbocycles. The molecule has 0 fully saturated rings. The predicted octanol–water partition coefficient (Wildman–Crippen LogP) is 3.12. The van der Waals surface area contributed by atoms with Crippen LogP contribution in [0.5, 0.6) is 0 Å². The average Bonchev–Trinajstić information content (AvgIpc) is 3.11. The van der Waals surface area contributed by atoms with Gasteiger partial charge in [0.1, 0.15) is 6.26 Å². The molecule has 1 unspecified atom stereocenters. The van der Waals surface area contributed by atoms with E-state index in [0.717, 1.165) is 11.1 Å². The van der Waals surface area contributed by atoms with Crippen molar-refractivity contribution >= 4 is 5.91 Å². The number of carbonyl (C=O) groups excluding carboxylic acids is 1. The van der Waals surface area contributed by atoms with Crippen LogP contribution in [0.25, 0.3) is 11.5 Å². The van der Waals surface area contributed by atoms with Gasteiger partial charge in [-0.25, -0.2) is 4.98 Å². The van der Waals surface area contributed by atoms with Gasteiger partial charge in [-0.1, -0.05) is 48.5 Å². The number of aromatic nitrogens is 1. The molecule has 0 saturated carbocycles. The number of carbonyl (C=O) groups is 1. The highest BCUT2D eigenvalue weighted by Crippen LogP contribution is 2.18. The monoisotopic (exact) mass is 336 g/mol. The molecule has 0 spiro atoms. The van der Waals surface area contributed by atoms with Crippen LogP contribution in [0.1, 0.15) is 23.8 Å². The molecule has 1 heterocycles. The zero-order chi connectivity index (χ0) is 17.5. The number of nitrogens with zero attached hydrogens (tertiary/aromatic N) is 1. The highest BCUT2D eigenvalue weighted by Gasteiger charge is 2.11. The standard InChI is InChI=1S/C20H20N2O3/c23-18(15-7-3-1-4-8-15)11-12-21-19(24)13-17-14-25-20(22-17)16-9-5-2-6-10-16/h1-10,14,18,23H,11-13H2,(H,21,24). The van der Waals surface area contributed by atoms with Gasteiger partial charge in [-0.3, -0.25) is 4.79 Å². The lowest BCUT2D eigenvalue weighted by atomic mass is 10.1. The van der Waals surface area contributed by atoms with Crippen molar-refractivity contribution in [2.75, 3.05) is 6.54 Å². The van der Waals surface area contributed by atoms with Gasteiger partial charge in [-0.05, 0) is 24.1 Å². The van der Waals surface area contributed by atoms with Crippen LogP contribution in [0.2, 0.25) is 0 Å². The fourth-order valence-corrected chi connectivity index (χ4v) is 2.52. The summed E-state index contributed by atoms with van der Waals surface area (Å²) in [4.78, 5) is 16.3. The van der Waals surface area contributed by atoms with Crippen LogP contribution in [0.3, 0.4) is 0 Å². The van der Waals surface area contributed by atoms with E-state index in [4.69, 9.17) is 4.42 Å². The van der Waals surface area contributed by atoms with E-state index in [9.17, 15) is 9.90 Å². The molecule has 0 aliphatic carbocycles. The maximum atomic E-state index is 12.0. The normalized spacial score (nSPS) is 11.9. The first kappa shape index (κ1) is 16.9. The quantitative estimate of drug-likeness (QED) is 0.695. The molecule has 2 N–H and O–H groups in total. The molecule has 0 radical (unpaired) electrons. The average molecular weight is 336 g/mol. The van der Waals surface area contributed by atoms with Crippen LogP contribution in [-0.4, -0.2) is 22.5 Å². The van der Waals surface area contributed by atoms with Crippen LogP contribution in [0.15, 0.2) is 71.3 Å². The van der Waals surface area contributed by atoms with E-state index in [1.165, 1.54) is 6.26 Å². The number of amides is 1. The van der Waals surface area contributed by atoms with Crippen LogP contribution < -0.4 is 5.32 Å². The summed E-state index contributed by atoms with van der Waals surface area (Å²) in [6.45, 7) is 0.401. The van der Waals surface area contributed by atoms with Gasteiger partial charge in [0.15, 0.2) is 0 Å². The number of hydrogen-bond donors (Lipinski definition) is 2. The highest BCUT2D eigenvalue weighted by atomic mass is 16.3. The third-order valence-electron chi connectivity index (χ3n) is 3.84. The number of oxazole rings is 1. The molecule has 5 nitrogen and oxygen atoms in total. The fraction of sp³-hybridized carbons (Fsp3) is 0.200. The summed E-state index contributed by atoms with van der Waals surface area (Å²) in [6, 6.07) is 18.9. The van der Waals surface area contributed by atoms with Crippen LogP contribution >= 0.6 is 0 Å². The molecule has 0 saturated heterocycles. The summed E-state index contributed by atoms with van der Waals surface area (Å²) < 4.78 is 5.42. The lowest BCUT2D eigenvalue weighted by Gasteiger charge is -2.11. The van der Waals surface area contributed by atoms with Crippen molar-refractivity contribution in [1.82, 2.24) is 10.3 Å². The van der Waals surface area contributed by atoms with Crippen LogP contribution in [0.4, 0.5) is 0 Å². The van der Waals surface area contributed by atoms with Crippen LogP contribution in [-0.2, 0) is 11.2 Å². The number of benzene rings is 2. The second kappa shape index (κ2) is 8.26. The molecule has 1 atom stereocenters. The summed E-state index contributed by atoms with van der Waals surface area (Å²) in [6.07, 6.45) is 1.53. The maximum Gasteiger partial charge on any atom is 0.226 e. The molecule has 3 aromatic rings. The van der Waals surface area contributed by atoms with Gasteiger partial charge in [0.05, 0.1) is 18.2 Å². The molecule has 1 aromatic heterocycles. The van der Waals surface area contributed by atoms with Gasteiger partial charge < -0.3 is 14.8 Å². The van der Waals surface area contributed by atoms with Crippen molar-refractivity contribution < 1.29 is 14.3 Å². The Hall–Kier alpha value is -2.92. The topological polar surface area (TPSA) is 75.4 Å². The Morgan fingerprint density at radius 3 is 2.48 bits per heavy atom. The number of nitrogens with one attached hydrogen (secondary N) is 1. The molecule has 0 bridgehead atoms. The minimum Gasteiger partial charge on any atom is -0.444 e. The minimum atomic E-state index is -0.585. The second-order valence-electron chi connectivity index (χ2n) is 5.75. The lowest BCUT2D eigenvalue weighted by Crippen LogP contribution is -2.27. The SMILES string of the molecule is O=C(Cc1coc(-c2ccccc2)n1)NCCC(O)c1ccccc1. The molecule has 3 rings (SSSR count). The molecular formula is C20H20N2O3. The third-order valence-corrected chi connectivity index (χ3v) is 3.84. The summed E-state index contributed by atoms with van der Waals surface area (Å²) in [5, 5.41) is 12.9. The van der Waals surface area contributed by atoms with Gasteiger partial charge in [0.2, 0.25) is 11.8 Å². The Morgan fingerprint density at radius 2 is 1.76 bits per heavy atom. The zero-order valence-corrected chi connectivity index (χ0v) is 13.8. The minimum absolute atomic E-state index is 0.145. The highest BCUT2D eigenvalue weighted by molar-refractivity contribution is 5.78. The van der Waals surface area contributed by atoms with Gasteiger partial charge in [-0.2, -0.15) is 0 Å². The Labute approximate surface area is 146 Å². The van der Waals surface area contributed by atoms with Crippen molar-refractivity contribution in [3.63, 3.8) is 0 Å². The molecule has 0 aliphatic heterocycles. The first-order chi connectivity index (χ1) is 12.2. The first-order valence-electron chi connectivity index (χ1n) is 8.22. The summed E-state index contributed by atoms with van der Waals surface area (Å²) in [5.74, 6) is 0.357. The van der Waals surface area contributed by atoms with Gasteiger partial charge in [0, 0.05) is 12.1 Å². The molecular weight excluding hydrogens is 316 g/mol. The molecule has 0 aliphatic rings. The van der Waals surface area contributed by atoms with Gasteiger partial charge in [-0.15, -0.1) is 0 Å². The Morgan fingerprint density at radius 1 is 1.08 bits per heavy atom. The molecule has 1 amide bonds. The van der Waals surface area contributed by atoms with Gasteiger partial charge in [0.25, 0.3) is 0 Å². The van der Waals surface area contributed by atoms with E-state index < -0.39 is 6.10 Å². The van der Waals surface area contributed by atoms with E-state index in [2.05, 4.69) is 10.3 Å². The van der Waals surface area contributed by atoms with E-state index in [1.807, 2.05) is 60.7 Å². The van der Waals surface area contributed by atoms with Crippen molar-refractivity contribution in [1.29, 1.82) is 0 Å². The number of aliphatic hydroxyl groups excluding tert-OH is 1. The summed E-state index contributed by atoms with van der Waals surface area (Å²) in [7, 11) is 0. The van der Waals surface area contributed by atoms with Crippen molar-refractivity contribution in [2.45, 2.75) is 18.9 Å². The predicted molar refractivity (Wildman–Crippen MR) is 94.7 cm³/mol. The fourth-order valence-electron chi connectivity index (χ4n) is 2.52. The molecule has 25 heavy (non-hydrogen) atoms. The number of aliphatic hydroxyl groups is 1.